The molecule has 1 N–H and O–H groups in total. The van der Waals surface area contributed by atoms with Crippen LogP contribution in [0, 0.1) is 0 Å². The number of carbonyl (C=O) groups excluding carboxylic acids is 1. The molecule has 0 radical (unpaired) electrons. The van der Waals surface area contributed by atoms with Gasteiger partial charge in [0.15, 0.2) is 6.61 Å². The van der Waals surface area contributed by atoms with Gasteiger partial charge in [-0.25, -0.2) is 4.79 Å². The van der Waals surface area contributed by atoms with Crippen LogP contribution < -0.4 is 14.4 Å². The van der Waals surface area contributed by atoms with E-state index in [1.165, 1.54) is 5.56 Å². The topological polar surface area (TPSA) is 76.1 Å². The molecule has 0 aliphatic carbocycles. The molecule has 6 nitrogen and oxygen atoms in total. The summed E-state index contributed by atoms with van der Waals surface area (Å²) in [6.07, 6.45) is 2.03. The van der Waals surface area contributed by atoms with Crippen LogP contribution in [0.4, 0.5) is 5.69 Å². The molecule has 0 aliphatic heterocycles. The third-order valence-electron chi connectivity index (χ3n) is 3.98. The molecule has 0 spiro atoms. The standard InChI is InChI=1S/C20H23NO5/c1-21(16-8-12-18(13-9-16)26-14-20(23)24)19(22)5-3-4-15-6-10-17(25-2)11-7-15/h6-13H,3-5,14H2,1-2H3,(H,23,24). The second-order valence-corrected chi connectivity index (χ2v) is 5.83. The van der Waals surface area contributed by atoms with Crippen molar-refractivity contribution in [3.8, 4) is 11.5 Å². The Morgan fingerprint density at radius 2 is 1.62 bits per heavy atom. The number of aliphatic carboxylic acids is 1. The molecule has 0 aromatic heterocycles. The second kappa shape index (κ2) is 9.46. The third-order valence-corrected chi connectivity index (χ3v) is 3.98. The largest absolute Gasteiger partial charge is 0.497 e. The van der Waals surface area contributed by atoms with Crippen molar-refractivity contribution in [1.29, 1.82) is 0 Å². The number of hydrogen-bond donors (Lipinski definition) is 1. The Bertz CT molecular complexity index is 725. The predicted octanol–water partition coefficient (Wildman–Crippen LogP) is 3.14. The molecule has 0 aliphatic rings. The lowest BCUT2D eigenvalue weighted by molar-refractivity contribution is -0.139. The van der Waals surface area contributed by atoms with Gasteiger partial charge in [-0.2, -0.15) is 0 Å². The van der Waals surface area contributed by atoms with Crippen LogP contribution >= 0.6 is 0 Å². The molecular weight excluding hydrogens is 334 g/mol. The van der Waals surface area contributed by atoms with E-state index in [1.807, 2.05) is 24.3 Å². The number of anilines is 1. The zero-order chi connectivity index (χ0) is 18.9. The number of amides is 1. The minimum Gasteiger partial charge on any atom is -0.497 e. The van der Waals surface area contributed by atoms with Crippen LogP contribution in [0.15, 0.2) is 48.5 Å². The zero-order valence-electron chi connectivity index (χ0n) is 15.0. The van der Waals surface area contributed by atoms with Crippen molar-refractivity contribution >= 4 is 17.6 Å². The number of methoxy groups -OCH3 is 1. The summed E-state index contributed by atoms with van der Waals surface area (Å²) in [7, 11) is 3.36. The fourth-order valence-electron chi connectivity index (χ4n) is 2.46. The molecule has 2 aromatic rings. The minimum absolute atomic E-state index is 0.0257. The molecule has 0 unspecified atom stereocenters. The van der Waals surface area contributed by atoms with Crippen molar-refractivity contribution in [3.05, 3.63) is 54.1 Å². The monoisotopic (exact) mass is 357 g/mol. The first kappa shape index (κ1) is 19.3. The van der Waals surface area contributed by atoms with Crippen LogP contribution in [0.3, 0.4) is 0 Å². The average Bonchev–Trinajstić information content (AvgIpc) is 2.66. The zero-order valence-corrected chi connectivity index (χ0v) is 15.0. The number of aryl methyl sites for hydroxylation is 1. The van der Waals surface area contributed by atoms with E-state index < -0.39 is 5.97 Å². The molecule has 2 rings (SSSR count). The molecule has 0 heterocycles. The molecule has 0 fully saturated rings. The average molecular weight is 357 g/mol. The minimum atomic E-state index is -1.03. The van der Waals surface area contributed by atoms with Gasteiger partial charge in [0.05, 0.1) is 7.11 Å². The number of rotatable bonds is 9. The van der Waals surface area contributed by atoms with E-state index in [-0.39, 0.29) is 12.5 Å². The summed E-state index contributed by atoms with van der Waals surface area (Å²) in [6, 6.07) is 14.6. The van der Waals surface area contributed by atoms with E-state index >= 15 is 0 Å². The van der Waals surface area contributed by atoms with Crippen LogP contribution in [-0.2, 0) is 16.0 Å². The molecule has 26 heavy (non-hydrogen) atoms. The number of carboxylic acids is 1. The van der Waals surface area contributed by atoms with Crippen molar-refractivity contribution in [2.24, 2.45) is 0 Å². The Balaban J connectivity index is 1.81. The van der Waals surface area contributed by atoms with Crippen LogP contribution in [-0.4, -0.2) is 37.7 Å². The Hall–Kier alpha value is -3.02. The summed E-state index contributed by atoms with van der Waals surface area (Å²) in [6.45, 7) is -0.389. The third kappa shape index (κ3) is 5.81. The normalized spacial score (nSPS) is 10.2. The van der Waals surface area contributed by atoms with Gasteiger partial charge >= 0.3 is 5.97 Å². The van der Waals surface area contributed by atoms with Gasteiger partial charge in [-0.3, -0.25) is 4.79 Å². The summed E-state index contributed by atoms with van der Waals surface area (Å²) < 4.78 is 10.2. The summed E-state index contributed by atoms with van der Waals surface area (Å²) in [4.78, 5) is 24.4. The van der Waals surface area contributed by atoms with E-state index in [4.69, 9.17) is 14.6 Å². The molecule has 0 bridgehead atoms. The maximum atomic E-state index is 12.3. The van der Waals surface area contributed by atoms with E-state index in [9.17, 15) is 9.59 Å². The highest BCUT2D eigenvalue weighted by atomic mass is 16.5. The van der Waals surface area contributed by atoms with Crippen molar-refractivity contribution in [3.63, 3.8) is 0 Å². The van der Waals surface area contributed by atoms with Gasteiger partial charge in [-0.1, -0.05) is 12.1 Å². The van der Waals surface area contributed by atoms with Crippen LogP contribution in [0.25, 0.3) is 0 Å². The van der Waals surface area contributed by atoms with Crippen LogP contribution in [0.2, 0.25) is 0 Å². The van der Waals surface area contributed by atoms with Crippen LogP contribution in [0.5, 0.6) is 11.5 Å². The fraction of sp³-hybridized carbons (Fsp3) is 0.300. The summed E-state index contributed by atoms with van der Waals surface area (Å²) in [5.74, 6) is 0.271. The molecule has 2 aromatic carbocycles. The molecular formula is C20H23NO5. The number of carbonyl (C=O) groups is 2. The van der Waals surface area contributed by atoms with Gasteiger partial charge in [0.25, 0.3) is 0 Å². The highest BCUT2D eigenvalue weighted by Gasteiger charge is 2.11. The molecule has 1 amide bonds. The van der Waals surface area contributed by atoms with E-state index in [0.29, 0.717) is 12.2 Å². The first-order chi connectivity index (χ1) is 12.5. The quantitative estimate of drug-likeness (QED) is 0.746. The molecule has 6 heteroatoms. The molecule has 0 saturated carbocycles. The smallest absolute Gasteiger partial charge is 0.341 e. The van der Waals surface area contributed by atoms with Gasteiger partial charge in [-0.15, -0.1) is 0 Å². The Morgan fingerprint density at radius 1 is 1.00 bits per heavy atom. The number of ether oxygens (including phenoxy) is 2. The summed E-state index contributed by atoms with van der Waals surface area (Å²) in [5.41, 5.74) is 1.91. The van der Waals surface area contributed by atoms with Crippen molar-refractivity contribution < 1.29 is 24.2 Å². The van der Waals surface area contributed by atoms with Crippen LogP contribution in [0.1, 0.15) is 18.4 Å². The van der Waals surface area contributed by atoms with Crippen molar-refractivity contribution in [1.82, 2.24) is 0 Å². The molecule has 0 atom stereocenters. The Kier molecular flexibility index (Phi) is 7.02. The van der Waals surface area contributed by atoms with Gasteiger partial charge in [0.1, 0.15) is 11.5 Å². The second-order valence-electron chi connectivity index (χ2n) is 5.83. The van der Waals surface area contributed by atoms with Crippen molar-refractivity contribution in [2.75, 3.05) is 25.7 Å². The highest BCUT2D eigenvalue weighted by Crippen LogP contribution is 2.20. The van der Waals surface area contributed by atoms with E-state index in [0.717, 1.165) is 24.3 Å². The first-order valence-corrected chi connectivity index (χ1v) is 8.33. The lowest BCUT2D eigenvalue weighted by Gasteiger charge is -2.17. The van der Waals surface area contributed by atoms with Gasteiger partial charge < -0.3 is 19.5 Å². The van der Waals surface area contributed by atoms with Crippen molar-refractivity contribution in [2.45, 2.75) is 19.3 Å². The summed E-state index contributed by atoms with van der Waals surface area (Å²) in [5, 5.41) is 8.60. The lowest BCUT2D eigenvalue weighted by atomic mass is 10.1. The SMILES string of the molecule is COc1ccc(CCCC(=O)N(C)c2ccc(OCC(=O)O)cc2)cc1. The predicted molar refractivity (Wildman–Crippen MR) is 98.9 cm³/mol. The first-order valence-electron chi connectivity index (χ1n) is 8.33. The highest BCUT2D eigenvalue weighted by molar-refractivity contribution is 5.92. The Morgan fingerprint density at radius 3 is 2.19 bits per heavy atom. The molecule has 138 valence electrons. The maximum absolute atomic E-state index is 12.3. The van der Waals surface area contributed by atoms with Gasteiger partial charge in [-0.05, 0) is 54.8 Å². The Labute approximate surface area is 153 Å². The number of nitrogens with zero attached hydrogens (tertiary/aromatic N) is 1. The van der Waals surface area contributed by atoms with E-state index in [1.54, 1.807) is 43.3 Å². The lowest BCUT2D eigenvalue weighted by Crippen LogP contribution is -2.25. The number of benzene rings is 2. The van der Waals surface area contributed by atoms with E-state index in [2.05, 4.69) is 0 Å². The fourth-order valence-corrected chi connectivity index (χ4v) is 2.46. The number of hydrogen-bond acceptors (Lipinski definition) is 4. The maximum Gasteiger partial charge on any atom is 0.341 e. The number of carboxylic acid groups (broad SMARTS) is 1. The van der Waals surface area contributed by atoms with Gasteiger partial charge in [0, 0.05) is 19.2 Å². The van der Waals surface area contributed by atoms with Gasteiger partial charge in [0.2, 0.25) is 5.91 Å². The summed E-state index contributed by atoms with van der Waals surface area (Å²) >= 11 is 0. The molecule has 0 saturated heterocycles.